The number of rotatable bonds is 8. The molecule has 9 nitrogen and oxygen atoms in total. The van der Waals surface area contributed by atoms with E-state index in [1.165, 1.54) is 12.1 Å². The van der Waals surface area contributed by atoms with Crippen LogP contribution in [0, 0.1) is 10.1 Å². The Bertz CT molecular complexity index is 838. The average Bonchev–Trinajstić information content (AvgIpc) is 2.77. The molecular formula is C20H25N5O4. The van der Waals surface area contributed by atoms with Gasteiger partial charge in [0.1, 0.15) is 0 Å². The first-order chi connectivity index (χ1) is 14.1. The highest BCUT2D eigenvalue weighted by Gasteiger charge is 2.21. The van der Waals surface area contributed by atoms with E-state index in [1.54, 1.807) is 11.0 Å². The first-order valence-corrected chi connectivity index (χ1v) is 9.53. The Balaban J connectivity index is 1.57. The molecule has 2 aromatic carbocycles. The van der Waals surface area contributed by atoms with Gasteiger partial charge in [-0.25, -0.2) is 0 Å². The summed E-state index contributed by atoms with van der Waals surface area (Å²) in [4.78, 5) is 27.2. The normalized spacial score (nSPS) is 13.8. The largest absolute Gasteiger partial charge is 0.395 e. The highest BCUT2D eigenvalue weighted by atomic mass is 16.6. The summed E-state index contributed by atoms with van der Waals surface area (Å²) in [5.41, 5.74) is 2.15. The molecule has 0 radical (unpaired) electrons. The molecule has 0 aliphatic carbocycles. The van der Waals surface area contributed by atoms with E-state index in [-0.39, 0.29) is 24.7 Å². The van der Waals surface area contributed by atoms with Crippen LogP contribution in [0.3, 0.4) is 0 Å². The molecule has 2 aromatic rings. The second-order valence-electron chi connectivity index (χ2n) is 6.69. The summed E-state index contributed by atoms with van der Waals surface area (Å²) < 4.78 is 0. The molecule has 154 valence electrons. The van der Waals surface area contributed by atoms with Gasteiger partial charge < -0.3 is 25.5 Å². The third-order valence-electron chi connectivity index (χ3n) is 4.83. The van der Waals surface area contributed by atoms with Gasteiger partial charge in [0.2, 0.25) is 5.91 Å². The van der Waals surface area contributed by atoms with Crippen molar-refractivity contribution >= 4 is 28.7 Å². The van der Waals surface area contributed by atoms with E-state index in [9.17, 15) is 14.9 Å². The number of nitrogens with zero attached hydrogens (tertiary/aromatic N) is 3. The Hall–Kier alpha value is -3.33. The van der Waals surface area contributed by atoms with Gasteiger partial charge in [-0.2, -0.15) is 0 Å². The van der Waals surface area contributed by atoms with Crippen LogP contribution in [-0.4, -0.2) is 66.7 Å². The Labute approximate surface area is 169 Å². The van der Waals surface area contributed by atoms with E-state index in [0.29, 0.717) is 31.0 Å². The lowest BCUT2D eigenvalue weighted by atomic mass is 10.2. The summed E-state index contributed by atoms with van der Waals surface area (Å²) in [6.07, 6.45) is 0. The van der Waals surface area contributed by atoms with Gasteiger partial charge in [-0.1, -0.05) is 18.2 Å². The predicted octanol–water partition coefficient (Wildman–Crippen LogP) is 1.76. The molecule has 0 saturated carbocycles. The van der Waals surface area contributed by atoms with Crippen molar-refractivity contribution in [3.8, 4) is 0 Å². The first-order valence-electron chi connectivity index (χ1n) is 9.53. The molecule has 0 bridgehead atoms. The van der Waals surface area contributed by atoms with Gasteiger partial charge in [-0.3, -0.25) is 14.9 Å². The van der Waals surface area contributed by atoms with Crippen LogP contribution >= 0.6 is 0 Å². The van der Waals surface area contributed by atoms with Crippen molar-refractivity contribution in [2.75, 3.05) is 61.4 Å². The Morgan fingerprint density at radius 1 is 1.03 bits per heavy atom. The number of hydrogen-bond donors (Lipinski definition) is 3. The number of para-hydroxylation sites is 1. The van der Waals surface area contributed by atoms with Gasteiger partial charge in [-0.05, 0) is 18.2 Å². The molecule has 1 fully saturated rings. The number of non-ortho nitro benzene ring substituents is 1. The number of benzene rings is 2. The fourth-order valence-electron chi connectivity index (χ4n) is 3.27. The number of aliphatic hydroxyl groups excluding tert-OH is 1. The Morgan fingerprint density at radius 2 is 1.76 bits per heavy atom. The van der Waals surface area contributed by atoms with Gasteiger partial charge >= 0.3 is 0 Å². The van der Waals surface area contributed by atoms with Crippen LogP contribution in [-0.2, 0) is 4.79 Å². The molecule has 1 aliphatic heterocycles. The summed E-state index contributed by atoms with van der Waals surface area (Å²) in [5.74, 6) is -0.0580. The van der Waals surface area contributed by atoms with Crippen LogP contribution in [0.15, 0.2) is 48.5 Å². The number of piperazine rings is 1. The molecule has 29 heavy (non-hydrogen) atoms. The minimum absolute atomic E-state index is 0.0420. The van der Waals surface area contributed by atoms with Crippen LogP contribution in [0.5, 0.6) is 0 Å². The van der Waals surface area contributed by atoms with Crippen molar-refractivity contribution < 1.29 is 14.8 Å². The third kappa shape index (κ3) is 5.35. The minimum Gasteiger partial charge on any atom is -0.395 e. The maximum absolute atomic E-state index is 12.6. The van der Waals surface area contributed by atoms with Crippen LogP contribution < -0.4 is 15.5 Å². The summed E-state index contributed by atoms with van der Waals surface area (Å²) in [5, 5.41) is 26.0. The number of nitro groups is 1. The fourth-order valence-corrected chi connectivity index (χ4v) is 3.27. The monoisotopic (exact) mass is 399 g/mol. The molecule has 3 rings (SSSR count). The second-order valence-corrected chi connectivity index (χ2v) is 6.69. The second kappa shape index (κ2) is 9.74. The van der Waals surface area contributed by atoms with E-state index >= 15 is 0 Å². The molecule has 9 heteroatoms. The van der Waals surface area contributed by atoms with Crippen molar-refractivity contribution in [1.29, 1.82) is 0 Å². The van der Waals surface area contributed by atoms with Gasteiger partial charge in [0.25, 0.3) is 5.69 Å². The molecule has 3 N–H and O–H groups in total. The summed E-state index contributed by atoms with van der Waals surface area (Å²) >= 11 is 0. The van der Waals surface area contributed by atoms with Gasteiger partial charge in [-0.15, -0.1) is 0 Å². The van der Waals surface area contributed by atoms with Crippen molar-refractivity contribution in [3.63, 3.8) is 0 Å². The van der Waals surface area contributed by atoms with Crippen molar-refractivity contribution in [1.82, 2.24) is 4.90 Å². The minimum atomic E-state index is -0.481. The van der Waals surface area contributed by atoms with E-state index in [1.807, 2.05) is 18.2 Å². The van der Waals surface area contributed by atoms with E-state index in [2.05, 4.69) is 27.7 Å². The summed E-state index contributed by atoms with van der Waals surface area (Å²) in [6, 6.07) is 14.4. The third-order valence-corrected chi connectivity index (χ3v) is 4.83. The molecule has 0 spiro atoms. The quantitative estimate of drug-likeness (QED) is 0.458. The summed E-state index contributed by atoms with van der Waals surface area (Å²) in [6.45, 7) is 3.05. The van der Waals surface area contributed by atoms with Crippen LogP contribution in [0.2, 0.25) is 0 Å². The fraction of sp³-hybridized carbons (Fsp3) is 0.350. The highest BCUT2D eigenvalue weighted by molar-refractivity contribution is 5.83. The molecule has 0 atom stereocenters. The maximum atomic E-state index is 12.6. The Morgan fingerprint density at radius 3 is 2.41 bits per heavy atom. The first kappa shape index (κ1) is 20.4. The molecule has 0 unspecified atom stereocenters. The summed E-state index contributed by atoms with van der Waals surface area (Å²) in [7, 11) is 0. The number of hydrogen-bond acceptors (Lipinski definition) is 7. The smallest absolute Gasteiger partial charge is 0.271 e. The zero-order valence-corrected chi connectivity index (χ0v) is 16.1. The number of carbonyl (C=O) groups is 1. The predicted molar refractivity (Wildman–Crippen MR) is 112 cm³/mol. The zero-order valence-electron chi connectivity index (χ0n) is 16.1. The average molecular weight is 399 g/mol. The van der Waals surface area contributed by atoms with E-state index in [4.69, 9.17) is 5.11 Å². The van der Waals surface area contributed by atoms with E-state index in [0.717, 1.165) is 18.8 Å². The molecule has 1 aliphatic rings. The maximum Gasteiger partial charge on any atom is 0.271 e. The number of amides is 1. The lowest BCUT2D eigenvalue weighted by molar-refractivity contribution is -0.384. The van der Waals surface area contributed by atoms with Crippen LogP contribution in [0.4, 0.5) is 22.7 Å². The number of carbonyl (C=O) groups excluding carboxylic acids is 1. The number of nitrogens with one attached hydrogen (secondary N) is 2. The number of nitro benzene ring substituents is 1. The van der Waals surface area contributed by atoms with Gasteiger partial charge in [0.05, 0.1) is 29.4 Å². The molecule has 1 heterocycles. The van der Waals surface area contributed by atoms with Crippen molar-refractivity contribution in [2.24, 2.45) is 0 Å². The molecule has 1 amide bonds. The standard InChI is InChI=1S/C20H25N5O4/c26-13-8-21-18-7-6-17(25(28)29)14-19(18)22-15-20(27)24-11-9-23(10-12-24)16-4-2-1-3-5-16/h1-7,14,21-22,26H,8-13,15H2. The molecule has 1 saturated heterocycles. The Kier molecular flexibility index (Phi) is 6.85. The van der Waals surface area contributed by atoms with Gasteiger partial charge in [0, 0.05) is 50.5 Å². The van der Waals surface area contributed by atoms with Gasteiger partial charge in [0.15, 0.2) is 0 Å². The highest BCUT2D eigenvalue weighted by Crippen LogP contribution is 2.27. The van der Waals surface area contributed by atoms with Crippen LogP contribution in [0.1, 0.15) is 0 Å². The zero-order chi connectivity index (χ0) is 20.6. The number of anilines is 3. The topological polar surface area (TPSA) is 111 Å². The lowest BCUT2D eigenvalue weighted by Gasteiger charge is -2.36. The lowest BCUT2D eigenvalue weighted by Crippen LogP contribution is -2.50. The van der Waals surface area contributed by atoms with Crippen molar-refractivity contribution in [2.45, 2.75) is 0 Å². The molecular weight excluding hydrogens is 374 g/mol. The van der Waals surface area contributed by atoms with Crippen molar-refractivity contribution in [3.05, 3.63) is 58.6 Å². The van der Waals surface area contributed by atoms with Crippen LogP contribution in [0.25, 0.3) is 0 Å². The van der Waals surface area contributed by atoms with E-state index < -0.39 is 4.92 Å². The SMILES string of the molecule is O=C(CNc1cc([N+](=O)[O-])ccc1NCCO)N1CCN(c2ccccc2)CC1. The number of aliphatic hydroxyl groups is 1. The molecule has 0 aromatic heterocycles.